The van der Waals surface area contributed by atoms with Crippen LogP contribution in [-0.2, 0) is 9.59 Å². The monoisotopic (exact) mass is 352 g/mol. The molecule has 4 nitrogen and oxygen atoms in total. The highest BCUT2D eigenvalue weighted by Crippen LogP contribution is 2.36. The summed E-state index contributed by atoms with van der Waals surface area (Å²) < 4.78 is 0. The van der Waals surface area contributed by atoms with Crippen LogP contribution in [0.5, 0.6) is 0 Å². The second-order valence-electron chi connectivity index (χ2n) is 6.55. The van der Waals surface area contributed by atoms with E-state index < -0.39 is 0 Å². The number of thiophene rings is 1. The highest BCUT2D eigenvalue weighted by atomic mass is 32.1. The maximum atomic E-state index is 12.1. The highest BCUT2D eigenvalue weighted by Gasteiger charge is 2.29. The van der Waals surface area contributed by atoms with Crippen molar-refractivity contribution in [1.82, 2.24) is 10.6 Å². The van der Waals surface area contributed by atoms with Crippen LogP contribution in [-0.4, -0.2) is 17.9 Å². The van der Waals surface area contributed by atoms with E-state index in [2.05, 4.69) is 34.2 Å². The molecule has 1 aliphatic carbocycles. The van der Waals surface area contributed by atoms with E-state index in [0.717, 1.165) is 24.1 Å². The van der Waals surface area contributed by atoms with Crippen LogP contribution < -0.4 is 10.6 Å². The summed E-state index contributed by atoms with van der Waals surface area (Å²) in [4.78, 5) is 24.7. The molecule has 1 saturated carbocycles. The fraction of sp³-hybridized carbons (Fsp3) is 0.300. The minimum absolute atomic E-state index is 0.178. The Bertz CT molecular complexity index is 832. The minimum atomic E-state index is -0.333. The SMILES string of the molecule is O=C1CCC(NC(=C2CCC2)c2csc(-c3ccccc3)c2)C(=O)N1. The van der Waals surface area contributed by atoms with E-state index in [1.54, 1.807) is 11.3 Å². The standard InChI is InChI=1S/C20H20N2O2S/c23-18-10-9-16(20(24)22-18)21-19(14-7-4-8-14)15-11-17(25-12-15)13-5-2-1-3-6-13/h1-3,5-6,11-12,16,21H,4,7-10H2,(H,22,23,24). The largest absolute Gasteiger partial charge is 0.373 e. The van der Waals surface area contributed by atoms with Crippen molar-refractivity contribution < 1.29 is 9.59 Å². The molecule has 2 N–H and O–H groups in total. The van der Waals surface area contributed by atoms with Gasteiger partial charge in [-0.1, -0.05) is 30.3 Å². The first-order valence-electron chi connectivity index (χ1n) is 8.67. The Balaban J connectivity index is 1.60. The van der Waals surface area contributed by atoms with Gasteiger partial charge in [-0.2, -0.15) is 0 Å². The van der Waals surface area contributed by atoms with Gasteiger partial charge in [0.1, 0.15) is 6.04 Å². The Morgan fingerprint density at radius 2 is 1.92 bits per heavy atom. The van der Waals surface area contributed by atoms with Crippen molar-refractivity contribution in [2.24, 2.45) is 0 Å². The summed E-state index contributed by atoms with van der Waals surface area (Å²) in [5, 5.41) is 8.02. The lowest BCUT2D eigenvalue weighted by molar-refractivity contribution is -0.134. The van der Waals surface area contributed by atoms with Gasteiger partial charge in [0.05, 0.1) is 0 Å². The summed E-state index contributed by atoms with van der Waals surface area (Å²) >= 11 is 1.72. The molecule has 0 radical (unpaired) electrons. The summed E-state index contributed by atoms with van der Waals surface area (Å²) in [5.74, 6) is -0.394. The molecule has 0 bridgehead atoms. The third-order valence-electron chi connectivity index (χ3n) is 4.81. The molecule has 128 valence electrons. The second-order valence-corrected chi connectivity index (χ2v) is 7.46. The van der Waals surface area contributed by atoms with Crippen LogP contribution in [0.15, 0.2) is 47.4 Å². The Labute approximate surface area is 150 Å². The van der Waals surface area contributed by atoms with Gasteiger partial charge in [-0.25, -0.2) is 0 Å². The molecule has 1 aromatic heterocycles. The molecule has 2 aromatic rings. The van der Waals surface area contributed by atoms with Crippen molar-refractivity contribution in [2.75, 3.05) is 0 Å². The van der Waals surface area contributed by atoms with Gasteiger partial charge in [0.2, 0.25) is 11.8 Å². The summed E-state index contributed by atoms with van der Waals surface area (Å²) in [5.41, 5.74) is 4.81. The lowest BCUT2D eigenvalue weighted by atomic mass is 9.88. The number of hydrogen-bond donors (Lipinski definition) is 2. The van der Waals surface area contributed by atoms with Crippen molar-refractivity contribution in [3.05, 3.63) is 52.9 Å². The smallest absolute Gasteiger partial charge is 0.249 e. The normalized spacial score (nSPS) is 20.0. The van der Waals surface area contributed by atoms with Crippen molar-refractivity contribution in [3.63, 3.8) is 0 Å². The van der Waals surface area contributed by atoms with Crippen LogP contribution in [0.25, 0.3) is 16.1 Å². The number of nitrogens with one attached hydrogen (secondary N) is 2. The van der Waals surface area contributed by atoms with Crippen LogP contribution >= 0.6 is 11.3 Å². The molecule has 5 heteroatoms. The first-order chi connectivity index (χ1) is 12.2. The quantitative estimate of drug-likeness (QED) is 0.825. The minimum Gasteiger partial charge on any atom is -0.373 e. The van der Waals surface area contributed by atoms with E-state index >= 15 is 0 Å². The maximum absolute atomic E-state index is 12.1. The molecule has 4 rings (SSSR count). The van der Waals surface area contributed by atoms with Gasteiger partial charge in [0, 0.05) is 27.9 Å². The van der Waals surface area contributed by atoms with Crippen LogP contribution in [0.4, 0.5) is 0 Å². The van der Waals surface area contributed by atoms with E-state index in [4.69, 9.17) is 0 Å². The van der Waals surface area contributed by atoms with E-state index in [0.29, 0.717) is 12.8 Å². The average molecular weight is 352 g/mol. The number of carbonyl (C=O) groups excluding carboxylic acids is 2. The number of rotatable bonds is 4. The Hall–Kier alpha value is -2.40. The number of imide groups is 1. The molecular formula is C20H20N2O2S. The molecule has 2 heterocycles. The number of piperidine rings is 1. The van der Waals surface area contributed by atoms with Gasteiger partial charge >= 0.3 is 0 Å². The van der Waals surface area contributed by atoms with Gasteiger partial charge in [-0.3, -0.25) is 14.9 Å². The molecule has 1 aliphatic heterocycles. The summed E-state index contributed by atoms with van der Waals surface area (Å²) in [6.45, 7) is 0. The van der Waals surface area contributed by atoms with Gasteiger partial charge in [0.15, 0.2) is 0 Å². The van der Waals surface area contributed by atoms with E-state index in [9.17, 15) is 9.59 Å². The third-order valence-corrected chi connectivity index (χ3v) is 5.79. The van der Waals surface area contributed by atoms with Crippen molar-refractivity contribution in [1.29, 1.82) is 0 Å². The molecule has 2 aliphatic rings. The molecule has 1 unspecified atom stereocenters. The molecule has 0 spiro atoms. The fourth-order valence-corrected chi connectivity index (χ4v) is 4.13. The lowest BCUT2D eigenvalue weighted by Gasteiger charge is -2.28. The predicted octanol–water partition coefficient (Wildman–Crippen LogP) is 3.70. The Morgan fingerprint density at radius 1 is 1.12 bits per heavy atom. The third kappa shape index (κ3) is 3.37. The Morgan fingerprint density at radius 3 is 2.60 bits per heavy atom. The zero-order valence-electron chi connectivity index (χ0n) is 13.9. The van der Waals surface area contributed by atoms with Crippen molar-refractivity contribution in [3.8, 4) is 10.4 Å². The molecule has 1 atom stereocenters. The molecule has 2 fully saturated rings. The zero-order chi connectivity index (χ0) is 17.2. The molecule has 2 amide bonds. The highest BCUT2D eigenvalue weighted by molar-refractivity contribution is 7.13. The molecule has 1 saturated heterocycles. The van der Waals surface area contributed by atoms with Crippen LogP contribution in [0.1, 0.15) is 37.7 Å². The maximum Gasteiger partial charge on any atom is 0.249 e. The summed E-state index contributed by atoms with van der Waals surface area (Å²) in [6, 6.07) is 12.2. The van der Waals surface area contributed by atoms with E-state index in [-0.39, 0.29) is 17.9 Å². The van der Waals surface area contributed by atoms with E-state index in [1.807, 2.05) is 18.2 Å². The first kappa shape index (κ1) is 16.1. The van der Waals surface area contributed by atoms with Gasteiger partial charge in [-0.05, 0) is 42.9 Å². The van der Waals surface area contributed by atoms with Gasteiger partial charge in [-0.15, -0.1) is 11.3 Å². The predicted molar refractivity (Wildman–Crippen MR) is 99.8 cm³/mol. The lowest BCUT2D eigenvalue weighted by Crippen LogP contribution is -2.50. The topological polar surface area (TPSA) is 58.2 Å². The summed E-state index contributed by atoms with van der Waals surface area (Å²) in [7, 11) is 0. The Kier molecular flexibility index (Phi) is 4.40. The van der Waals surface area contributed by atoms with Crippen LogP contribution in [0.2, 0.25) is 0 Å². The number of allylic oxidation sites excluding steroid dienone is 1. The van der Waals surface area contributed by atoms with Crippen molar-refractivity contribution >= 4 is 28.8 Å². The van der Waals surface area contributed by atoms with Crippen LogP contribution in [0.3, 0.4) is 0 Å². The van der Waals surface area contributed by atoms with Gasteiger partial charge in [0.25, 0.3) is 0 Å². The summed E-state index contributed by atoms with van der Waals surface area (Å²) in [6.07, 6.45) is 4.30. The first-order valence-corrected chi connectivity index (χ1v) is 9.55. The molecule has 25 heavy (non-hydrogen) atoms. The average Bonchev–Trinajstić information content (AvgIpc) is 3.05. The van der Waals surface area contributed by atoms with E-state index in [1.165, 1.54) is 22.4 Å². The number of hydrogen-bond acceptors (Lipinski definition) is 4. The zero-order valence-corrected chi connectivity index (χ0v) is 14.7. The number of amides is 2. The number of carbonyl (C=O) groups is 2. The van der Waals surface area contributed by atoms with Crippen molar-refractivity contribution in [2.45, 2.75) is 38.1 Å². The molecule has 1 aromatic carbocycles. The fourth-order valence-electron chi connectivity index (χ4n) is 3.22. The number of benzene rings is 1. The van der Waals surface area contributed by atoms with Crippen LogP contribution in [0, 0.1) is 0 Å². The molecular weight excluding hydrogens is 332 g/mol. The van der Waals surface area contributed by atoms with Gasteiger partial charge < -0.3 is 5.32 Å². The second kappa shape index (κ2) is 6.84.